The van der Waals surface area contributed by atoms with Gasteiger partial charge in [0.2, 0.25) is 0 Å². The minimum Gasteiger partial charge on any atom is -0.373 e. The van der Waals surface area contributed by atoms with Gasteiger partial charge in [-0.1, -0.05) is 0 Å². The van der Waals surface area contributed by atoms with Crippen LogP contribution in [0.2, 0.25) is 0 Å². The van der Waals surface area contributed by atoms with E-state index in [4.69, 9.17) is 9.72 Å². The molecule has 9 heteroatoms. The molecule has 3 aromatic heterocycles. The van der Waals surface area contributed by atoms with Gasteiger partial charge in [-0.05, 0) is 51.0 Å². The van der Waals surface area contributed by atoms with Crippen LogP contribution in [0.1, 0.15) is 47.6 Å². The van der Waals surface area contributed by atoms with Crippen LogP contribution in [0, 0.1) is 25.5 Å². The maximum atomic E-state index is 14.8. The van der Waals surface area contributed by atoms with Gasteiger partial charge in [-0.15, -0.1) is 0 Å². The van der Waals surface area contributed by atoms with E-state index >= 15 is 0 Å². The number of nitrogens with zero attached hydrogens (tertiary/aromatic N) is 5. The van der Waals surface area contributed by atoms with E-state index in [1.54, 1.807) is 19.3 Å². The van der Waals surface area contributed by atoms with Crippen LogP contribution in [0.5, 0.6) is 0 Å². The third kappa shape index (κ3) is 3.96. The van der Waals surface area contributed by atoms with Gasteiger partial charge < -0.3 is 9.30 Å². The summed E-state index contributed by atoms with van der Waals surface area (Å²) in [5, 5.41) is 0. The number of halogens is 2. The molecular weight excluding hydrogens is 440 g/mol. The molecule has 0 bridgehead atoms. The summed E-state index contributed by atoms with van der Waals surface area (Å²) in [5.74, 6) is -1.07. The minimum absolute atomic E-state index is 0.112. The summed E-state index contributed by atoms with van der Waals surface area (Å²) >= 11 is 0. The van der Waals surface area contributed by atoms with Crippen LogP contribution in [0.15, 0.2) is 41.3 Å². The third-order valence-corrected chi connectivity index (χ3v) is 6.29. The predicted molar refractivity (Wildman–Crippen MR) is 122 cm³/mol. The number of aryl methyl sites for hydroxylation is 3. The first-order valence-electron chi connectivity index (χ1n) is 11.1. The maximum absolute atomic E-state index is 14.8. The van der Waals surface area contributed by atoms with Crippen LogP contribution >= 0.6 is 0 Å². The summed E-state index contributed by atoms with van der Waals surface area (Å²) in [6.07, 6.45) is 2.42. The van der Waals surface area contributed by atoms with E-state index in [1.807, 2.05) is 19.9 Å². The third-order valence-electron chi connectivity index (χ3n) is 6.29. The van der Waals surface area contributed by atoms with Crippen molar-refractivity contribution < 1.29 is 13.5 Å². The summed E-state index contributed by atoms with van der Waals surface area (Å²) in [6.45, 7) is 4.06. The van der Waals surface area contributed by atoms with Crippen LogP contribution in [0.3, 0.4) is 0 Å². The molecule has 5 rings (SSSR count). The average molecular weight is 463 g/mol. The highest BCUT2D eigenvalue weighted by atomic mass is 19.1. The molecule has 0 spiro atoms. The molecule has 0 aliphatic carbocycles. The van der Waals surface area contributed by atoms with E-state index in [0.29, 0.717) is 53.4 Å². The lowest BCUT2D eigenvalue weighted by Crippen LogP contribution is -2.28. The second-order valence-corrected chi connectivity index (χ2v) is 8.58. The Morgan fingerprint density at radius 2 is 1.85 bits per heavy atom. The lowest BCUT2D eigenvalue weighted by molar-refractivity contribution is 0.00300. The standard InChI is InChI=1S/C25H23F2N5O2/c1-13-14(2)29-24-22(28-13)21(17-7-6-16(26)12-19(17)27)30-23(31-24)15-8-10-34-20(11-15)18-5-4-9-32(3)25(18)33/h4-7,9,12,15,20H,8,10-11H2,1-3H3/t15-,20+/m1/s1. The Bertz CT molecular complexity index is 1470. The fourth-order valence-corrected chi connectivity index (χ4v) is 4.29. The van der Waals surface area contributed by atoms with Crippen molar-refractivity contribution in [2.24, 2.45) is 7.05 Å². The number of hydrogen-bond acceptors (Lipinski definition) is 6. The fraction of sp³-hybridized carbons (Fsp3) is 0.320. The van der Waals surface area contributed by atoms with Crippen molar-refractivity contribution in [3.05, 3.63) is 81.3 Å². The van der Waals surface area contributed by atoms with E-state index in [2.05, 4.69) is 15.0 Å². The molecular formula is C25H23F2N5O2. The van der Waals surface area contributed by atoms with E-state index in [-0.39, 0.29) is 22.7 Å². The van der Waals surface area contributed by atoms with Crippen molar-refractivity contribution in [2.45, 2.75) is 38.7 Å². The predicted octanol–water partition coefficient (Wildman–Crippen LogP) is 4.32. The molecule has 0 radical (unpaired) electrons. The van der Waals surface area contributed by atoms with Gasteiger partial charge in [0, 0.05) is 43.0 Å². The SMILES string of the molecule is Cc1nc2nc([C@@H]3CCO[C@H](c4cccn(C)c4=O)C3)nc(-c3ccc(F)cc3F)c2nc1C. The molecule has 1 aliphatic heterocycles. The highest BCUT2D eigenvalue weighted by Crippen LogP contribution is 2.37. The van der Waals surface area contributed by atoms with Crippen molar-refractivity contribution in [2.75, 3.05) is 6.61 Å². The van der Waals surface area contributed by atoms with Crippen molar-refractivity contribution in [1.29, 1.82) is 0 Å². The molecule has 7 nitrogen and oxygen atoms in total. The summed E-state index contributed by atoms with van der Waals surface area (Å²) in [4.78, 5) is 31.2. The summed E-state index contributed by atoms with van der Waals surface area (Å²) < 4.78 is 35.8. The topological polar surface area (TPSA) is 82.8 Å². The quantitative estimate of drug-likeness (QED) is 0.450. The van der Waals surface area contributed by atoms with Crippen molar-refractivity contribution in [1.82, 2.24) is 24.5 Å². The van der Waals surface area contributed by atoms with Gasteiger partial charge in [-0.3, -0.25) is 4.79 Å². The monoisotopic (exact) mass is 463 g/mol. The Morgan fingerprint density at radius 1 is 1.06 bits per heavy atom. The smallest absolute Gasteiger partial charge is 0.256 e. The van der Waals surface area contributed by atoms with E-state index in [9.17, 15) is 13.6 Å². The van der Waals surface area contributed by atoms with Crippen LogP contribution < -0.4 is 5.56 Å². The molecule has 0 saturated carbocycles. The van der Waals surface area contributed by atoms with Gasteiger partial charge in [-0.25, -0.2) is 28.7 Å². The molecule has 4 heterocycles. The lowest BCUT2D eigenvalue weighted by atomic mass is 9.91. The van der Waals surface area contributed by atoms with E-state index < -0.39 is 17.7 Å². The minimum atomic E-state index is -0.733. The second-order valence-electron chi connectivity index (χ2n) is 8.58. The van der Waals surface area contributed by atoms with Gasteiger partial charge >= 0.3 is 0 Å². The molecule has 1 saturated heterocycles. The molecule has 0 unspecified atom stereocenters. The van der Waals surface area contributed by atoms with Crippen LogP contribution in [0.25, 0.3) is 22.4 Å². The molecule has 0 amide bonds. The zero-order valence-electron chi connectivity index (χ0n) is 19.0. The lowest BCUT2D eigenvalue weighted by Gasteiger charge is -2.29. The Kier molecular flexibility index (Phi) is 5.65. The second kappa shape index (κ2) is 8.64. The van der Waals surface area contributed by atoms with Gasteiger partial charge in [0.05, 0.1) is 17.5 Å². The maximum Gasteiger partial charge on any atom is 0.256 e. The normalized spacial score (nSPS) is 18.4. The number of fused-ring (bicyclic) bond motifs is 1. The number of rotatable bonds is 3. The molecule has 174 valence electrons. The Labute approximate surface area is 194 Å². The van der Waals surface area contributed by atoms with Gasteiger partial charge in [-0.2, -0.15) is 0 Å². The zero-order valence-corrected chi connectivity index (χ0v) is 19.0. The first-order chi connectivity index (χ1) is 16.3. The fourth-order valence-electron chi connectivity index (χ4n) is 4.29. The molecule has 4 aromatic rings. The van der Waals surface area contributed by atoms with Crippen molar-refractivity contribution in [3.8, 4) is 11.3 Å². The Balaban J connectivity index is 1.63. The van der Waals surface area contributed by atoms with Gasteiger partial charge in [0.1, 0.15) is 28.7 Å². The number of ether oxygens (including phenoxy) is 1. The van der Waals surface area contributed by atoms with Crippen LogP contribution in [-0.4, -0.2) is 31.1 Å². The van der Waals surface area contributed by atoms with Crippen molar-refractivity contribution >= 4 is 11.2 Å². The van der Waals surface area contributed by atoms with Crippen LogP contribution in [-0.2, 0) is 11.8 Å². The first-order valence-corrected chi connectivity index (χ1v) is 11.1. The largest absolute Gasteiger partial charge is 0.373 e. The van der Waals surface area contributed by atoms with Crippen molar-refractivity contribution in [3.63, 3.8) is 0 Å². The summed E-state index contributed by atoms with van der Waals surface area (Å²) in [5.41, 5.74) is 2.97. The highest BCUT2D eigenvalue weighted by molar-refractivity contribution is 5.87. The molecule has 2 atom stereocenters. The Morgan fingerprint density at radius 3 is 2.65 bits per heavy atom. The number of benzene rings is 1. The molecule has 34 heavy (non-hydrogen) atoms. The molecule has 1 aliphatic rings. The number of pyridine rings is 1. The van der Waals surface area contributed by atoms with E-state index in [1.165, 1.54) is 16.7 Å². The van der Waals surface area contributed by atoms with Gasteiger partial charge in [0.25, 0.3) is 5.56 Å². The summed E-state index contributed by atoms with van der Waals surface area (Å²) in [7, 11) is 1.70. The highest BCUT2D eigenvalue weighted by Gasteiger charge is 2.30. The first kappa shape index (κ1) is 22.2. The summed E-state index contributed by atoms with van der Waals surface area (Å²) in [6, 6.07) is 6.96. The van der Waals surface area contributed by atoms with Crippen LogP contribution in [0.4, 0.5) is 8.78 Å². The molecule has 1 fully saturated rings. The number of aromatic nitrogens is 5. The van der Waals surface area contributed by atoms with E-state index in [0.717, 1.165) is 6.07 Å². The average Bonchev–Trinajstić information content (AvgIpc) is 2.81. The molecule has 0 N–H and O–H groups in total. The zero-order chi connectivity index (χ0) is 24.0. The number of hydrogen-bond donors (Lipinski definition) is 0. The molecule has 1 aromatic carbocycles. The Hall–Kier alpha value is -3.59. The van der Waals surface area contributed by atoms with Gasteiger partial charge in [0.15, 0.2) is 5.65 Å².